The van der Waals surface area contributed by atoms with Crippen LogP contribution in [0.1, 0.15) is 26.2 Å². The summed E-state index contributed by atoms with van der Waals surface area (Å²) in [6, 6.07) is 7.10. The van der Waals surface area contributed by atoms with Crippen LogP contribution in [0.15, 0.2) is 30.3 Å². The summed E-state index contributed by atoms with van der Waals surface area (Å²) >= 11 is 0. The van der Waals surface area contributed by atoms with Crippen molar-refractivity contribution in [2.24, 2.45) is 0 Å². The van der Waals surface area contributed by atoms with Crippen molar-refractivity contribution < 1.29 is 18.0 Å². The summed E-state index contributed by atoms with van der Waals surface area (Å²) in [4.78, 5) is 11.5. The average Bonchev–Trinajstić information content (AvgIpc) is 2.26. The van der Waals surface area contributed by atoms with Crippen molar-refractivity contribution in [3.8, 4) is 0 Å². The molecule has 0 unspecified atom stereocenters. The fourth-order valence-electron chi connectivity index (χ4n) is 1.45. The Morgan fingerprint density at radius 3 is 2.29 bits per heavy atom. The van der Waals surface area contributed by atoms with Crippen LogP contribution in [0.25, 0.3) is 0 Å². The van der Waals surface area contributed by atoms with Gasteiger partial charge in [-0.25, -0.2) is 4.90 Å². The molecule has 1 aromatic rings. The minimum Gasteiger partial charge on any atom is -0.274 e. The summed E-state index contributed by atoms with van der Waals surface area (Å²) < 4.78 is 38.4. The molecule has 0 radical (unpaired) electrons. The van der Waals surface area contributed by atoms with E-state index in [1.54, 1.807) is 6.07 Å². The number of para-hydroxylation sites is 1. The fraction of sp³-hybridized carbons (Fsp3) is 0.417. The van der Waals surface area contributed by atoms with Crippen molar-refractivity contribution in [3.63, 3.8) is 0 Å². The lowest BCUT2D eigenvalue weighted by Crippen LogP contribution is -2.42. The van der Waals surface area contributed by atoms with Gasteiger partial charge in [-0.1, -0.05) is 31.5 Å². The first-order chi connectivity index (χ1) is 7.96. The molecule has 0 aliphatic rings. The zero-order valence-electron chi connectivity index (χ0n) is 9.50. The number of halogens is 3. The molecule has 1 rings (SSSR count). The number of unbranched alkanes of at least 4 members (excludes halogenated alkanes) is 1. The van der Waals surface area contributed by atoms with E-state index < -0.39 is 12.2 Å². The molecule has 0 heterocycles. The van der Waals surface area contributed by atoms with Gasteiger partial charge in [-0.3, -0.25) is 4.79 Å². The SMILES string of the molecule is CCCCC(=O)N(c1ccccc1)C(F)(F)F. The number of hydrogen-bond acceptors (Lipinski definition) is 1. The van der Waals surface area contributed by atoms with Gasteiger partial charge in [-0.2, -0.15) is 0 Å². The van der Waals surface area contributed by atoms with Gasteiger partial charge in [0.2, 0.25) is 5.91 Å². The minimum absolute atomic E-state index is 0.0924. The summed E-state index contributed by atoms with van der Waals surface area (Å²) in [5.41, 5.74) is -0.138. The van der Waals surface area contributed by atoms with Gasteiger partial charge in [0.1, 0.15) is 0 Å². The van der Waals surface area contributed by atoms with Gasteiger partial charge in [0.25, 0.3) is 0 Å². The zero-order valence-corrected chi connectivity index (χ0v) is 9.50. The van der Waals surface area contributed by atoms with Crippen LogP contribution >= 0.6 is 0 Å². The molecule has 0 bridgehead atoms. The molecule has 2 nitrogen and oxygen atoms in total. The highest BCUT2D eigenvalue weighted by atomic mass is 19.4. The molecule has 0 fully saturated rings. The van der Waals surface area contributed by atoms with Crippen molar-refractivity contribution in [1.29, 1.82) is 0 Å². The Bertz CT molecular complexity index is 362. The molecule has 0 atom stereocenters. The molecule has 1 aromatic carbocycles. The number of carbonyl (C=O) groups excluding carboxylic acids is 1. The van der Waals surface area contributed by atoms with E-state index in [4.69, 9.17) is 0 Å². The van der Waals surface area contributed by atoms with Crippen molar-refractivity contribution >= 4 is 11.6 Å². The zero-order chi connectivity index (χ0) is 12.9. The van der Waals surface area contributed by atoms with Crippen LogP contribution in [0.4, 0.5) is 18.9 Å². The van der Waals surface area contributed by atoms with Crippen LogP contribution in [0.3, 0.4) is 0 Å². The highest BCUT2D eigenvalue weighted by Crippen LogP contribution is 2.29. The lowest BCUT2D eigenvalue weighted by atomic mass is 10.2. The maximum absolute atomic E-state index is 12.8. The molecular formula is C12H14F3NO. The third-order valence-corrected chi connectivity index (χ3v) is 2.26. The molecule has 0 spiro atoms. The van der Waals surface area contributed by atoms with Gasteiger partial charge in [-0.15, -0.1) is 13.2 Å². The van der Waals surface area contributed by atoms with Gasteiger partial charge >= 0.3 is 6.30 Å². The average molecular weight is 245 g/mol. The molecule has 0 aromatic heterocycles. The van der Waals surface area contributed by atoms with Crippen LogP contribution in [-0.4, -0.2) is 12.2 Å². The van der Waals surface area contributed by atoms with Gasteiger partial charge < -0.3 is 0 Å². The largest absolute Gasteiger partial charge is 0.491 e. The third kappa shape index (κ3) is 3.76. The first-order valence-electron chi connectivity index (χ1n) is 5.41. The maximum atomic E-state index is 12.8. The van der Waals surface area contributed by atoms with Crippen molar-refractivity contribution in [2.75, 3.05) is 4.90 Å². The van der Waals surface area contributed by atoms with E-state index in [0.29, 0.717) is 12.8 Å². The fourth-order valence-corrected chi connectivity index (χ4v) is 1.45. The number of amides is 1. The lowest BCUT2D eigenvalue weighted by Gasteiger charge is -2.25. The van der Waals surface area contributed by atoms with Crippen LogP contribution in [0.5, 0.6) is 0 Å². The van der Waals surface area contributed by atoms with E-state index >= 15 is 0 Å². The number of anilines is 1. The third-order valence-electron chi connectivity index (χ3n) is 2.26. The Morgan fingerprint density at radius 2 is 1.82 bits per heavy atom. The predicted molar refractivity (Wildman–Crippen MR) is 59.5 cm³/mol. The molecule has 5 heteroatoms. The number of hydrogen-bond donors (Lipinski definition) is 0. The molecule has 17 heavy (non-hydrogen) atoms. The van der Waals surface area contributed by atoms with Gasteiger partial charge in [0.05, 0.1) is 5.69 Å². The Hall–Kier alpha value is -1.52. The van der Waals surface area contributed by atoms with E-state index in [1.165, 1.54) is 24.3 Å². The predicted octanol–water partition coefficient (Wildman–Crippen LogP) is 3.73. The van der Waals surface area contributed by atoms with Gasteiger partial charge in [0, 0.05) is 6.42 Å². The van der Waals surface area contributed by atoms with Crippen molar-refractivity contribution in [2.45, 2.75) is 32.5 Å². The van der Waals surface area contributed by atoms with Gasteiger partial charge in [0.15, 0.2) is 0 Å². The van der Waals surface area contributed by atoms with Crippen LogP contribution in [0.2, 0.25) is 0 Å². The molecule has 94 valence electrons. The number of rotatable bonds is 4. The Morgan fingerprint density at radius 1 is 1.24 bits per heavy atom. The lowest BCUT2D eigenvalue weighted by molar-refractivity contribution is -0.150. The van der Waals surface area contributed by atoms with Crippen LogP contribution in [-0.2, 0) is 4.79 Å². The van der Waals surface area contributed by atoms with E-state index in [-0.39, 0.29) is 17.0 Å². The second-order valence-electron chi connectivity index (χ2n) is 3.64. The monoisotopic (exact) mass is 245 g/mol. The second-order valence-corrected chi connectivity index (χ2v) is 3.64. The smallest absolute Gasteiger partial charge is 0.274 e. The topological polar surface area (TPSA) is 20.3 Å². The molecule has 1 amide bonds. The standard InChI is InChI=1S/C12H14F3NO/c1-2-3-9-11(17)16(12(13,14)15)10-7-5-4-6-8-10/h4-8H,2-3,9H2,1H3. The van der Waals surface area contributed by atoms with Gasteiger partial charge in [-0.05, 0) is 18.6 Å². The summed E-state index contributed by atoms with van der Waals surface area (Å²) in [6.07, 6.45) is -3.62. The molecule has 0 saturated carbocycles. The molecule has 0 aliphatic heterocycles. The van der Waals surface area contributed by atoms with Crippen molar-refractivity contribution in [3.05, 3.63) is 30.3 Å². The van der Waals surface area contributed by atoms with Crippen molar-refractivity contribution in [1.82, 2.24) is 0 Å². The summed E-state index contributed by atoms with van der Waals surface area (Å²) in [5.74, 6) is -0.912. The number of alkyl halides is 3. The van der Waals surface area contributed by atoms with Crippen LogP contribution in [0, 0.1) is 0 Å². The Labute approximate surface area is 98.0 Å². The Balaban J connectivity index is 2.94. The van der Waals surface area contributed by atoms with E-state index in [9.17, 15) is 18.0 Å². The Kier molecular flexibility index (Phi) is 4.54. The quantitative estimate of drug-likeness (QED) is 0.740. The molecular weight excluding hydrogens is 231 g/mol. The second kappa shape index (κ2) is 5.70. The number of nitrogens with zero attached hydrogens (tertiary/aromatic N) is 1. The normalized spacial score (nSPS) is 11.3. The molecule has 0 N–H and O–H groups in total. The first kappa shape index (κ1) is 13.5. The minimum atomic E-state index is -4.67. The first-order valence-corrected chi connectivity index (χ1v) is 5.41. The van der Waals surface area contributed by atoms with E-state index in [2.05, 4.69) is 0 Å². The number of carbonyl (C=O) groups is 1. The summed E-state index contributed by atoms with van der Waals surface area (Å²) in [7, 11) is 0. The highest BCUT2D eigenvalue weighted by molar-refractivity contribution is 5.93. The number of benzene rings is 1. The summed E-state index contributed by atoms with van der Waals surface area (Å²) in [6.45, 7) is 1.83. The van der Waals surface area contributed by atoms with E-state index in [1.807, 2.05) is 6.92 Å². The van der Waals surface area contributed by atoms with E-state index in [0.717, 1.165) is 0 Å². The maximum Gasteiger partial charge on any atom is 0.491 e. The summed E-state index contributed by atoms with van der Waals surface area (Å²) in [5, 5.41) is 0. The molecule has 0 saturated heterocycles. The van der Waals surface area contributed by atoms with Crippen LogP contribution < -0.4 is 4.90 Å². The highest BCUT2D eigenvalue weighted by Gasteiger charge is 2.41. The molecule has 0 aliphatic carbocycles.